The lowest BCUT2D eigenvalue weighted by molar-refractivity contribution is -0.122. The highest BCUT2D eigenvalue weighted by molar-refractivity contribution is 5.86. The molecule has 5 nitrogen and oxygen atoms in total. The molecule has 1 heterocycles. The molecule has 1 N–H and O–H groups in total. The summed E-state index contributed by atoms with van der Waals surface area (Å²) in [7, 11) is 5.32. The quantitative estimate of drug-likeness (QED) is 0.578. The first-order valence-corrected chi connectivity index (χ1v) is 10.4. The molecule has 3 rings (SSSR count). The predicted octanol–water partition coefficient (Wildman–Crippen LogP) is 4.88. The summed E-state index contributed by atoms with van der Waals surface area (Å²) in [6.07, 6.45) is 2.47. The minimum absolute atomic E-state index is 0.0379. The highest BCUT2D eigenvalue weighted by Crippen LogP contribution is 2.37. The molecule has 0 spiro atoms. The fourth-order valence-electron chi connectivity index (χ4n) is 3.75. The number of para-hydroxylation sites is 1. The van der Waals surface area contributed by atoms with Gasteiger partial charge in [0.25, 0.3) is 0 Å². The molecule has 0 aliphatic heterocycles. The zero-order chi connectivity index (χ0) is 21.8. The number of carbonyl (C=O) groups is 1. The van der Waals surface area contributed by atoms with Gasteiger partial charge in [0.1, 0.15) is 11.5 Å². The SMILES string of the molecule is COc1cc(OC)cc(C(CC(=O)NC(C)C(C)C)c2cn(C)c3ccccc23)c1. The lowest BCUT2D eigenvalue weighted by Gasteiger charge is -2.22. The molecule has 0 aliphatic rings. The molecule has 0 aliphatic carbocycles. The van der Waals surface area contributed by atoms with Gasteiger partial charge in [-0.2, -0.15) is 0 Å². The molecule has 0 radical (unpaired) electrons. The summed E-state index contributed by atoms with van der Waals surface area (Å²) in [5.74, 6) is 1.72. The summed E-state index contributed by atoms with van der Waals surface area (Å²) in [4.78, 5) is 13.0. The van der Waals surface area contributed by atoms with Crippen molar-refractivity contribution in [3.63, 3.8) is 0 Å². The Labute approximate surface area is 179 Å². The number of nitrogens with one attached hydrogen (secondary N) is 1. The molecule has 0 bridgehead atoms. The molecule has 0 saturated heterocycles. The molecule has 2 atom stereocenters. The van der Waals surface area contributed by atoms with Crippen LogP contribution in [-0.2, 0) is 11.8 Å². The normalized spacial score (nSPS) is 13.3. The van der Waals surface area contributed by atoms with E-state index in [-0.39, 0.29) is 17.9 Å². The number of rotatable bonds is 8. The third-order valence-electron chi connectivity index (χ3n) is 5.86. The number of fused-ring (bicyclic) bond motifs is 1. The van der Waals surface area contributed by atoms with Crippen LogP contribution in [0.5, 0.6) is 11.5 Å². The number of methoxy groups -OCH3 is 2. The fraction of sp³-hybridized carbons (Fsp3) is 0.400. The zero-order valence-corrected chi connectivity index (χ0v) is 18.7. The lowest BCUT2D eigenvalue weighted by atomic mass is 9.87. The second-order valence-corrected chi connectivity index (χ2v) is 8.22. The molecule has 1 amide bonds. The number of aromatic nitrogens is 1. The number of hydrogen-bond acceptors (Lipinski definition) is 3. The Balaban J connectivity index is 2.08. The van der Waals surface area contributed by atoms with Gasteiger partial charge < -0.3 is 19.4 Å². The maximum atomic E-state index is 13.0. The van der Waals surface area contributed by atoms with Crippen molar-refractivity contribution in [1.82, 2.24) is 9.88 Å². The fourth-order valence-corrected chi connectivity index (χ4v) is 3.75. The van der Waals surface area contributed by atoms with Gasteiger partial charge in [-0.25, -0.2) is 0 Å². The van der Waals surface area contributed by atoms with Crippen molar-refractivity contribution >= 4 is 16.8 Å². The van der Waals surface area contributed by atoms with Crippen LogP contribution >= 0.6 is 0 Å². The van der Waals surface area contributed by atoms with Gasteiger partial charge in [0.2, 0.25) is 5.91 Å². The molecule has 160 valence electrons. The van der Waals surface area contributed by atoms with Crippen molar-refractivity contribution in [3.05, 3.63) is 59.8 Å². The Morgan fingerprint density at radius 3 is 2.27 bits per heavy atom. The first kappa shape index (κ1) is 21.8. The summed E-state index contributed by atoms with van der Waals surface area (Å²) in [5, 5.41) is 4.30. The monoisotopic (exact) mass is 408 g/mol. The molecule has 2 aromatic carbocycles. The van der Waals surface area contributed by atoms with Crippen molar-refractivity contribution in [1.29, 1.82) is 0 Å². The van der Waals surface area contributed by atoms with Gasteiger partial charge in [-0.1, -0.05) is 32.0 Å². The van der Waals surface area contributed by atoms with Crippen LogP contribution < -0.4 is 14.8 Å². The van der Waals surface area contributed by atoms with Crippen LogP contribution in [0.3, 0.4) is 0 Å². The topological polar surface area (TPSA) is 52.5 Å². The highest BCUT2D eigenvalue weighted by Gasteiger charge is 2.24. The van der Waals surface area contributed by atoms with Crippen molar-refractivity contribution in [3.8, 4) is 11.5 Å². The van der Waals surface area contributed by atoms with E-state index in [1.807, 2.05) is 44.3 Å². The molecule has 0 fully saturated rings. The Bertz CT molecular complexity index is 1000. The van der Waals surface area contributed by atoms with E-state index in [0.717, 1.165) is 22.0 Å². The molecule has 5 heteroatoms. The number of ether oxygens (including phenoxy) is 2. The van der Waals surface area contributed by atoms with Gasteiger partial charge >= 0.3 is 0 Å². The van der Waals surface area contributed by atoms with Gasteiger partial charge in [0.05, 0.1) is 14.2 Å². The van der Waals surface area contributed by atoms with E-state index in [1.54, 1.807) is 14.2 Å². The maximum Gasteiger partial charge on any atom is 0.221 e. The average Bonchev–Trinajstić information content (AvgIpc) is 3.08. The number of nitrogens with zero attached hydrogens (tertiary/aromatic N) is 1. The van der Waals surface area contributed by atoms with Crippen LogP contribution in [-0.4, -0.2) is 30.7 Å². The Morgan fingerprint density at radius 2 is 1.67 bits per heavy atom. The molecule has 0 saturated carbocycles. The van der Waals surface area contributed by atoms with E-state index in [9.17, 15) is 4.79 Å². The Kier molecular flexibility index (Phi) is 6.70. The summed E-state index contributed by atoms with van der Waals surface area (Å²) in [6, 6.07) is 14.2. The minimum Gasteiger partial charge on any atom is -0.497 e. The summed E-state index contributed by atoms with van der Waals surface area (Å²) in [5.41, 5.74) is 3.26. The zero-order valence-electron chi connectivity index (χ0n) is 18.7. The molecular formula is C25H32N2O3. The number of hydrogen-bond donors (Lipinski definition) is 1. The van der Waals surface area contributed by atoms with E-state index in [4.69, 9.17) is 9.47 Å². The summed E-state index contributed by atoms with van der Waals surface area (Å²) >= 11 is 0. The van der Waals surface area contributed by atoms with Crippen LogP contribution in [0, 0.1) is 5.92 Å². The van der Waals surface area contributed by atoms with Crippen LogP contribution in [0.2, 0.25) is 0 Å². The van der Waals surface area contributed by atoms with Crippen molar-refractivity contribution in [2.24, 2.45) is 13.0 Å². The van der Waals surface area contributed by atoms with Crippen LogP contribution in [0.25, 0.3) is 10.9 Å². The Hall–Kier alpha value is -2.95. The third-order valence-corrected chi connectivity index (χ3v) is 5.86. The highest BCUT2D eigenvalue weighted by atomic mass is 16.5. The van der Waals surface area contributed by atoms with Gasteiger partial charge in [-0.3, -0.25) is 4.79 Å². The minimum atomic E-state index is -0.125. The van der Waals surface area contributed by atoms with E-state index in [2.05, 4.69) is 42.1 Å². The van der Waals surface area contributed by atoms with E-state index in [1.165, 1.54) is 0 Å². The second kappa shape index (κ2) is 9.24. The summed E-state index contributed by atoms with van der Waals surface area (Å²) in [6.45, 7) is 6.27. The van der Waals surface area contributed by atoms with E-state index >= 15 is 0 Å². The van der Waals surface area contributed by atoms with Crippen LogP contribution in [0.1, 0.15) is 44.2 Å². The first-order valence-electron chi connectivity index (χ1n) is 10.4. The van der Waals surface area contributed by atoms with Crippen molar-refractivity contribution < 1.29 is 14.3 Å². The van der Waals surface area contributed by atoms with Crippen LogP contribution in [0.4, 0.5) is 0 Å². The molecule has 30 heavy (non-hydrogen) atoms. The number of aryl methyl sites for hydroxylation is 1. The average molecular weight is 409 g/mol. The lowest BCUT2D eigenvalue weighted by Crippen LogP contribution is -2.36. The van der Waals surface area contributed by atoms with E-state index < -0.39 is 0 Å². The summed E-state index contributed by atoms with van der Waals surface area (Å²) < 4.78 is 13.1. The standard InChI is InChI=1S/C25H32N2O3/c1-16(2)17(3)26-25(28)14-22(18-11-19(29-5)13-20(12-18)30-6)23-15-27(4)24-10-8-7-9-21(23)24/h7-13,15-17,22H,14H2,1-6H3,(H,26,28). The maximum absolute atomic E-state index is 13.0. The number of carbonyl (C=O) groups excluding carboxylic acids is 1. The van der Waals surface area contributed by atoms with E-state index in [0.29, 0.717) is 23.8 Å². The van der Waals surface area contributed by atoms with Gasteiger partial charge in [0.15, 0.2) is 0 Å². The largest absolute Gasteiger partial charge is 0.497 e. The number of benzene rings is 2. The van der Waals surface area contributed by atoms with Gasteiger partial charge in [0, 0.05) is 48.6 Å². The van der Waals surface area contributed by atoms with Crippen molar-refractivity contribution in [2.45, 2.75) is 39.2 Å². The molecule has 3 aromatic rings. The third kappa shape index (κ3) is 4.61. The smallest absolute Gasteiger partial charge is 0.221 e. The second-order valence-electron chi connectivity index (χ2n) is 8.22. The van der Waals surface area contributed by atoms with Crippen LogP contribution in [0.15, 0.2) is 48.7 Å². The van der Waals surface area contributed by atoms with Gasteiger partial charge in [-0.15, -0.1) is 0 Å². The Morgan fingerprint density at radius 1 is 1.03 bits per heavy atom. The van der Waals surface area contributed by atoms with Crippen molar-refractivity contribution in [2.75, 3.05) is 14.2 Å². The molecule has 2 unspecified atom stereocenters. The first-order chi connectivity index (χ1) is 14.3. The number of amides is 1. The predicted molar refractivity (Wildman–Crippen MR) is 121 cm³/mol. The van der Waals surface area contributed by atoms with Gasteiger partial charge in [-0.05, 0) is 42.2 Å². The molecular weight excluding hydrogens is 376 g/mol. The molecule has 1 aromatic heterocycles.